The SMILES string of the molecule is CC.NC(CCNC1CCOCC1)(COCc1cc(C(F)(F)F)cc(C(F)(F)F)c1)c1ccccc1. The fourth-order valence-corrected chi connectivity index (χ4v) is 3.92. The maximum absolute atomic E-state index is 13.1. The summed E-state index contributed by atoms with van der Waals surface area (Å²) in [4.78, 5) is 0. The molecule has 1 unspecified atom stereocenters. The highest BCUT2D eigenvalue weighted by molar-refractivity contribution is 5.33. The Hall–Kier alpha value is -2.14. The Morgan fingerprint density at radius 1 is 0.889 bits per heavy atom. The van der Waals surface area contributed by atoms with Crippen molar-refractivity contribution < 1.29 is 35.8 Å². The Morgan fingerprint density at radius 2 is 1.44 bits per heavy atom. The van der Waals surface area contributed by atoms with Crippen molar-refractivity contribution in [2.24, 2.45) is 5.73 Å². The molecule has 202 valence electrons. The van der Waals surface area contributed by atoms with Crippen LogP contribution in [0.15, 0.2) is 48.5 Å². The molecule has 1 aliphatic heterocycles. The van der Waals surface area contributed by atoms with Gasteiger partial charge in [-0.05, 0) is 55.1 Å². The minimum Gasteiger partial charge on any atom is -0.381 e. The summed E-state index contributed by atoms with van der Waals surface area (Å²) in [6.45, 7) is 5.42. The molecule has 0 bridgehead atoms. The van der Waals surface area contributed by atoms with Gasteiger partial charge in [0.1, 0.15) is 0 Å². The zero-order valence-electron chi connectivity index (χ0n) is 20.5. The molecule has 1 fully saturated rings. The van der Waals surface area contributed by atoms with E-state index in [-0.39, 0.29) is 18.2 Å². The van der Waals surface area contributed by atoms with Gasteiger partial charge in [-0.15, -0.1) is 0 Å². The molecule has 0 spiro atoms. The lowest BCUT2D eigenvalue weighted by atomic mass is 9.88. The number of halogens is 6. The number of nitrogens with two attached hydrogens (primary N) is 1. The van der Waals surface area contributed by atoms with Crippen LogP contribution in [0, 0.1) is 0 Å². The van der Waals surface area contributed by atoms with Gasteiger partial charge in [-0.3, -0.25) is 0 Å². The number of rotatable bonds is 9. The van der Waals surface area contributed by atoms with Crippen LogP contribution in [0.1, 0.15) is 55.4 Å². The lowest BCUT2D eigenvalue weighted by molar-refractivity contribution is -0.143. The number of hydrogen-bond donors (Lipinski definition) is 2. The lowest BCUT2D eigenvalue weighted by Gasteiger charge is -2.32. The van der Waals surface area contributed by atoms with E-state index in [0.29, 0.717) is 44.4 Å². The van der Waals surface area contributed by atoms with Crippen LogP contribution in [-0.2, 0) is 34.0 Å². The molecule has 36 heavy (non-hydrogen) atoms. The van der Waals surface area contributed by atoms with Gasteiger partial charge in [0, 0.05) is 19.3 Å². The molecule has 2 aromatic carbocycles. The van der Waals surface area contributed by atoms with E-state index in [1.54, 1.807) is 0 Å². The first-order valence-corrected chi connectivity index (χ1v) is 12.0. The topological polar surface area (TPSA) is 56.5 Å². The van der Waals surface area contributed by atoms with E-state index in [1.807, 2.05) is 44.2 Å². The molecule has 0 saturated carbocycles. The van der Waals surface area contributed by atoms with Crippen molar-refractivity contribution in [3.8, 4) is 0 Å². The summed E-state index contributed by atoms with van der Waals surface area (Å²) in [6, 6.07) is 10.8. The molecule has 0 aromatic heterocycles. The van der Waals surface area contributed by atoms with Crippen molar-refractivity contribution in [1.29, 1.82) is 0 Å². The van der Waals surface area contributed by atoms with Gasteiger partial charge < -0.3 is 20.5 Å². The van der Waals surface area contributed by atoms with Crippen LogP contribution < -0.4 is 11.1 Å². The van der Waals surface area contributed by atoms with Gasteiger partial charge >= 0.3 is 12.4 Å². The molecule has 0 aliphatic carbocycles. The van der Waals surface area contributed by atoms with E-state index in [9.17, 15) is 26.3 Å². The molecular weight excluding hydrogens is 486 g/mol. The highest BCUT2D eigenvalue weighted by atomic mass is 19.4. The van der Waals surface area contributed by atoms with Crippen LogP contribution in [0.2, 0.25) is 0 Å². The summed E-state index contributed by atoms with van der Waals surface area (Å²) in [5, 5.41) is 3.44. The summed E-state index contributed by atoms with van der Waals surface area (Å²) in [7, 11) is 0. The van der Waals surface area contributed by atoms with Gasteiger partial charge in [-0.2, -0.15) is 26.3 Å². The highest BCUT2D eigenvalue weighted by Crippen LogP contribution is 2.36. The minimum atomic E-state index is -4.91. The molecule has 4 nitrogen and oxygen atoms in total. The second kappa shape index (κ2) is 13.4. The predicted octanol–water partition coefficient (Wildman–Crippen LogP) is 6.28. The fourth-order valence-electron chi connectivity index (χ4n) is 3.92. The fraction of sp³-hybridized carbons (Fsp3) is 0.538. The van der Waals surface area contributed by atoms with Gasteiger partial charge in [0.25, 0.3) is 0 Å². The molecule has 1 atom stereocenters. The molecule has 1 aliphatic rings. The van der Waals surface area contributed by atoms with Crippen molar-refractivity contribution in [3.63, 3.8) is 0 Å². The van der Waals surface area contributed by atoms with Gasteiger partial charge in [0.2, 0.25) is 0 Å². The van der Waals surface area contributed by atoms with Crippen molar-refractivity contribution in [2.75, 3.05) is 26.4 Å². The number of benzene rings is 2. The van der Waals surface area contributed by atoms with E-state index >= 15 is 0 Å². The predicted molar refractivity (Wildman–Crippen MR) is 126 cm³/mol. The quantitative estimate of drug-likeness (QED) is 0.382. The molecular formula is C26H34F6N2O2. The first kappa shape index (κ1) is 30.1. The van der Waals surface area contributed by atoms with Crippen LogP contribution >= 0.6 is 0 Å². The normalized spacial score (nSPS) is 16.7. The summed E-state index contributed by atoms with van der Waals surface area (Å²) in [5.41, 5.74) is 3.47. The first-order valence-electron chi connectivity index (χ1n) is 12.0. The smallest absolute Gasteiger partial charge is 0.381 e. The van der Waals surface area contributed by atoms with Crippen LogP contribution in [0.25, 0.3) is 0 Å². The molecule has 10 heteroatoms. The molecule has 0 amide bonds. The number of nitrogens with one attached hydrogen (secondary N) is 1. The van der Waals surface area contributed by atoms with E-state index in [1.165, 1.54) is 0 Å². The Morgan fingerprint density at radius 3 is 1.97 bits per heavy atom. The van der Waals surface area contributed by atoms with Crippen LogP contribution in [0.3, 0.4) is 0 Å². The van der Waals surface area contributed by atoms with Gasteiger partial charge in [0.05, 0.1) is 29.9 Å². The standard InChI is InChI=1S/C24H28F6N2O2.C2H6/c25-23(26,27)19-12-17(13-20(14-19)24(28,29)30)15-34-16-22(31,18-4-2-1-3-5-18)8-9-32-21-6-10-33-11-7-21;1-2/h1-5,12-14,21,32H,6-11,15-16,31H2;1-2H3. The Kier molecular flexibility index (Phi) is 11.2. The van der Waals surface area contributed by atoms with Gasteiger partial charge in [-0.25, -0.2) is 0 Å². The average molecular weight is 521 g/mol. The number of hydrogen-bond acceptors (Lipinski definition) is 4. The van der Waals surface area contributed by atoms with Crippen molar-refractivity contribution in [2.45, 2.75) is 63.7 Å². The average Bonchev–Trinajstić information content (AvgIpc) is 2.85. The van der Waals surface area contributed by atoms with Crippen LogP contribution in [0.5, 0.6) is 0 Å². The number of ether oxygens (including phenoxy) is 2. The van der Waals surface area contributed by atoms with Gasteiger partial charge in [0.15, 0.2) is 0 Å². The second-order valence-electron chi connectivity index (χ2n) is 8.52. The second-order valence-corrected chi connectivity index (χ2v) is 8.52. The number of alkyl halides is 6. The maximum atomic E-state index is 13.1. The van der Waals surface area contributed by atoms with Gasteiger partial charge in [-0.1, -0.05) is 44.2 Å². The first-order chi connectivity index (χ1) is 17.0. The minimum absolute atomic E-state index is 0.0793. The molecule has 0 radical (unpaired) electrons. The van der Waals surface area contributed by atoms with E-state index in [0.717, 1.165) is 18.4 Å². The van der Waals surface area contributed by atoms with E-state index in [2.05, 4.69) is 5.32 Å². The van der Waals surface area contributed by atoms with Crippen molar-refractivity contribution in [1.82, 2.24) is 5.32 Å². The summed E-state index contributed by atoms with van der Waals surface area (Å²) < 4.78 is 89.7. The largest absolute Gasteiger partial charge is 0.416 e. The molecule has 3 N–H and O–H groups in total. The summed E-state index contributed by atoms with van der Waals surface area (Å²) in [5.74, 6) is 0. The van der Waals surface area contributed by atoms with Crippen molar-refractivity contribution >= 4 is 0 Å². The third kappa shape index (κ3) is 9.06. The van der Waals surface area contributed by atoms with Crippen LogP contribution in [-0.4, -0.2) is 32.4 Å². The monoisotopic (exact) mass is 520 g/mol. The van der Waals surface area contributed by atoms with Crippen molar-refractivity contribution in [3.05, 3.63) is 70.8 Å². The Labute approximate surface area is 208 Å². The molecule has 3 rings (SSSR count). The summed E-state index contributed by atoms with van der Waals surface area (Å²) in [6.07, 6.45) is -7.58. The highest BCUT2D eigenvalue weighted by Gasteiger charge is 2.37. The lowest BCUT2D eigenvalue weighted by Crippen LogP contribution is -2.45. The molecule has 2 aromatic rings. The third-order valence-electron chi connectivity index (χ3n) is 5.85. The van der Waals surface area contributed by atoms with Crippen LogP contribution in [0.4, 0.5) is 26.3 Å². The molecule has 1 heterocycles. The van der Waals surface area contributed by atoms with E-state index in [4.69, 9.17) is 15.2 Å². The maximum Gasteiger partial charge on any atom is 0.416 e. The van der Waals surface area contributed by atoms with E-state index < -0.39 is 35.6 Å². The third-order valence-corrected chi connectivity index (χ3v) is 5.85. The Bertz CT molecular complexity index is 883. The summed E-state index contributed by atoms with van der Waals surface area (Å²) >= 11 is 0. The Balaban J connectivity index is 0.00000222. The zero-order valence-corrected chi connectivity index (χ0v) is 20.5. The molecule has 1 saturated heterocycles. The zero-order chi connectivity index (χ0) is 26.8.